The van der Waals surface area contributed by atoms with Crippen molar-refractivity contribution in [2.24, 2.45) is 0 Å². The minimum atomic E-state index is -0.406. The molecule has 1 aromatic heterocycles. The normalized spacial score (nSPS) is 9.57. The highest BCUT2D eigenvalue weighted by atomic mass is 35.5. The Morgan fingerprint density at radius 2 is 2.43 bits per heavy atom. The predicted molar refractivity (Wildman–Crippen MR) is 53.0 cm³/mol. The van der Waals surface area contributed by atoms with Crippen LogP contribution in [0, 0.1) is 0 Å². The van der Waals surface area contributed by atoms with E-state index in [4.69, 9.17) is 28.9 Å². The second kappa shape index (κ2) is 4.88. The maximum Gasteiger partial charge on any atom is 0.273 e. The Balaban J connectivity index is 2.47. The van der Waals surface area contributed by atoms with Gasteiger partial charge < -0.3 is 15.6 Å². The van der Waals surface area contributed by atoms with Gasteiger partial charge in [-0.3, -0.25) is 4.79 Å². The number of anilines is 1. The van der Waals surface area contributed by atoms with Crippen molar-refractivity contribution < 1.29 is 9.32 Å². The molecule has 1 aromatic rings. The van der Waals surface area contributed by atoms with Gasteiger partial charge >= 0.3 is 0 Å². The molecule has 5 nitrogen and oxygen atoms in total. The number of carbonyl (C=O) groups excluding carboxylic acids is 1. The van der Waals surface area contributed by atoms with E-state index in [0.29, 0.717) is 0 Å². The number of nitrogens with one attached hydrogen (secondary N) is 1. The van der Waals surface area contributed by atoms with Gasteiger partial charge in [0.1, 0.15) is 4.49 Å². The van der Waals surface area contributed by atoms with Crippen LogP contribution >= 0.6 is 23.2 Å². The fraction of sp³-hybridized carbons (Fsp3) is 0.143. The van der Waals surface area contributed by atoms with E-state index in [1.807, 2.05) is 0 Å². The molecule has 76 valence electrons. The zero-order chi connectivity index (χ0) is 10.6. The number of hydrogen-bond acceptors (Lipinski definition) is 4. The monoisotopic (exact) mass is 235 g/mol. The van der Waals surface area contributed by atoms with Crippen LogP contribution in [0.4, 0.5) is 5.88 Å². The molecule has 7 heteroatoms. The third-order valence-electron chi connectivity index (χ3n) is 1.28. The number of carbonyl (C=O) groups is 1. The first kappa shape index (κ1) is 10.9. The quantitative estimate of drug-likeness (QED) is 0.828. The van der Waals surface area contributed by atoms with Gasteiger partial charge in [-0.15, -0.1) is 0 Å². The van der Waals surface area contributed by atoms with Crippen molar-refractivity contribution >= 4 is 35.0 Å². The number of nitrogens with two attached hydrogens (primary N) is 1. The van der Waals surface area contributed by atoms with Gasteiger partial charge in [0, 0.05) is 12.6 Å². The van der Waals surface area contributed by atoms with Gasteiger partial charge in [-0.05, 0) is 6.08 Å². The summed E-state index contributed by atoms with van der Waals surface area (Å²) in [5.74, 6) is -0.322. The van der Waals surface area contributed by atoms with Gasteiger partial charge in [-0.2, -0.15) is 0 Å². The first-order chi connectivity index (χ1) is 6.59. The molecule has 1 amide bonds. The Bertz CT molecular complexity index is 358. The molecule has 14 heavy (non-hydrogen) atoms. The molecule has 0 aliphatic carbocycles. The second-order valence-corrected chi connectivity index (χ2v) is 3.33. The van der Waals surface area contributed by atoms with E-state index in [1.54, 1.807) is 0 Å². The van der Waals surface area contributed by atoms with Crippen LogP contribution in [0.2, 0.25) is 0 Å². The van der Waals surface area contributed by atoms with E-state index in [9.17, 15) is 4.79 Å². The lowest BCUT2D eigenvalue weighted by Gasteiger charge is -1.96. The number of halogens is 2. The average molecular weight is 236 g/mol. The molecule has 0 radical (unpaired) electrons. The van der Waals surface area contributed by atoms with Crippen LogP contribution in [0.25, 0.3) is 0 Å². The zero-order valence-corrected chi connectivity index (χ0v) is 8.47. The first-order valence-electron chi connectivity index (χ1n) is 3.61. The molecule has 0 unspecified atom stereocenters. The van der Waals surface area contributed by atoms with Crippen molar-refractivity contribution in [3.05, 3.63) is 22.3 Å². The van der Waals surface area contributed by atoms with Crippen molar-refractivity contribution in [1.29, 1.82) is 0 Å². The number of nitrogen functional groups attached to an aromatic ring is 1. The second-order valence-electron chi connectivity index (χ2n) is 2.32. The topological polar surface area (TPSA) is 81.2 Å². The van der Waals surface area contributed by atoms with Crippen LogP contribution in [0.3, 0.4) is 0 Å². The molecule has 0 saturated heterocycles. The number of nitrogens with zero attached hydrogens (tertiary/aromatic N) is 1. The smallest absolute Gasteiger partial charge is 0.273 e. The fourth-order valence-electron chi connectivity index (χ4n) is 0.708. The minimum Gasteiger partial charge on any atom is -0.368 e. The minimum absolute atomic E-state index is 0.0843. The van der Waals surface area contributed by atoms with E-state index >= 15 is 0 Å². The molecule has 1 heterocycles. The lowest BCUT2D eigenvalue weighted by molar-refractivity contribution is 0.0949. The van der Waals surface area contributed by atoms with Gasteiger partial charge in [0.2, 0.25) is 5.88 Å². The molecule has 0 aliphatic heterocycles. The molecule has 0 aromatic carbocycles. The first-order valence-corrected chi connectivity index (χ1v) is 4.36. The molecular weight excluding hydrogens is 229 g/mol. The molecule has 1 rings (SSSR count). The summed E-state index contributed by atoms with van der Waals surface area (Å²) in [4.78, 5) is 11.2. The summed E-state index contributed by atoms with van der Waals surface area (Å²) in [6, 6.07) is 1.32. The summed E-state index contributed by atoms with van der Waals surface area (Å²) in [5, 5.41) is 5.90. The maximum absolute atomic E-state index is 11.2. The summed E-state index contributed by atoms with van der Waals surface area (Å²) in [6.07, 6.45) is 1.43. The number of aromatic nitrogens is 1. The number of amides is 1. The summed E-state index contributed by atoms with van der Waals surface area (Å²) in [5.41, 5.74) is 5.34. The van der Waals surface area contributed by atoms with Gasteiger partial charge in [0.25, 0.3) is 5.91 Å². The van der Waals surface area contributed by atoms with Crippen molar-refractivity contribution in [3.63, 3.8) is 0 Å². The van der Waals surface area contributed by atoms with Crippen molar-refractivity contribution in [3.8, 4) is 0 Å². The number of hydrogen-bond donors (Lipinski definition) is 2. The molecule has 0 bridgehead atoms. The van der Waals surface area contributed by atoms with Gasteiger partial charge in [-0.25, -0.2) is 0 Å². The Hall–Kier alpha value is -1.20. The van der Waals surface area contributed by atoms with E-state index in [0.717, 1.165) is 0 Å². The molecule has 0 atom stereocenters. The highest BCUT2D eigenvalue weighted by Crippen LogP contribution is 2.05. The molecule has 0 spiro atoms. The van der Waals surface area contributed by atoms with Crippen LogP contribution in [0.15, 0.2) is 21.2 Å². The lowest BCUT2D eigenvalue weighted by atomic mass is 10.4. The third kappa shape index (κ3) is 3.27. The van der Waals surface area contributed by atoms with Crippen molar-refractivity contribution in [2.45, 2.75) is 0 Å². The van der Waals surface area contributed by atoms with E-state index in [1.165, 1.54) is 12.1 Å². The van der Waals surface area contributed by atoms with Gasteiger partial charge in [0.05, 0.1) is 0 Å². The Labute approximate surface area is 89.8 Å². The van der Waals surface area contributed by atoms with E-state index in [2.05, 4.69) is 15.0 Å². The van der Waals surface area contributed by atoms with Crippen LogP contribution in [-0.4, -0.2) is 17.6 Å². The largest absolute Gasteiger partial charge is 0.368 e. The molecule has 0 fully saturated rings. The Morgan fingerprint density at radius 1 is 1.71 bits per heavy atom. The third-order valence-corrected chi connectivity index (χ3v) is 1.59. The van der Waals surface area contributed by atoms with Crippen LogP contribution in [0.5, 0.6) is 0 Å². The predicted octanol–water partition coefficient (Wildman–Crippen LogP) is 1.31. The zero-order valence-electron chi connectivity index (χ0n) is 6.96. The number of rotatable bonds is 3. The van der Waals surface area contributed by atoms with Crippen molar-refractivity contribution in [1.82, 2.24) is 10.5 Å². The van der Waals surface area contributed by atoms with Crippen LogP contribution in [0.1, 0.15) is 10.5 Å². The summed E-state index contributed by atoms with van der Waals surface area (Å²) < 4.78 is 4.60. The van der Waals surface area contributed by atoms with Crippen LogP contribution < -0.4 is 11.1 Å². The van der Waals surface area contributed by atoms with Crippen LogP contribution in [-0.2, 0) is 0 Å². The highest BCUT2D eigenvalue weighted by molar-refractivity contribution is 6.55. The molecule has 0 saturated carbocycles. The molecular formula is C7H7Cl2N3O2. The van der Waals surface area contributed by atoms with Gasteiger partial charge in [-0.1, -0.05) is 28.4 Å². The lowest BCUT2D eigenvalue weighted by Crippen LogP contribution is -2.23. The van der Waals surface area contributed by atoms with Crippen molar-refractivity contribution in [2.75, 3.05) is 12.3 Å². The average Bonchev–Trinajstić information content (AvgIpc) is 2.51. The highest BCUT2D eigenvalue weighted by Gasteiger charge is 2.09. The molecule has 0 aliphatic rings. The SMILES string of the molecule is Nc1cc(C(=O)NCC=C(Cl)Cl)no1. The van der Waals surface area contributed by atoms with E-state index < -0.39 is 5.91 Å². The van der Waals surface area contributed by atoms with Gasteiger partial charge in [0.15, 0.2) is 5.69 Å². The maximum atomic E-state index is 11.2. The summed E-state index contributed by atoms with van der Waals surface area (Å²) in [7, 11) is 0. The summed E-state index contributed by atoms with van der Waals surface area (Å²) in [6.45, 7) is 0.216. The fourth-order valence-corrected chi connectivity index (χ4v) is 0.862. The Morgan fingerprint density at radius 3 is 2.93 bits per heavy atom. The molecule has 3 N–H and O–H groups in total. The summed E-state index contributed by atoms with van der Waals surface area (Å²) >= 11 is 10.7. The Kier molecular flexibility index (Phi) is 3.79. The standard InChI is InChI=1S/C7H7Cl2N3O2/c8-5(9)1-2-11-7(13)4-3-6(10)14-12-4/h1,3H,2,10H2,(H,11,13). The van der Waals surface area contributed by atoms with E-state index in [-0.39, 0.29) is 22.6 Å².